The van der Waals surface area contributed by atoms with E-state index in [0.29, 0.717) is 6.61 Å². The fraction of sp³-hybridized carbons (Fsp3) is 0.882. The molecule has 0 rings (SSSR count). The van der Waals surface area contributed by atoms with E-state index in [0.717, 1.165) is 12.5 Å². The van der Waals surface area contributed by atoms with Gasteiger partial charge in [-0.25, -0.2) is 0 Å². The van der Waals surface area contributed by atoms with Gasteiger partial charge in [0.15, 0.2) is 22.4 Å². The van der Waals surface area contributed by atoms with E-state index in [2.05, 4.69) is 58.9 Å². The normalized spacial score (nSPS) is 15.5. The molecule has 1 atom stereocenters. The van der Waals surface area contributed by atoms with Crippen molar-refractivity contribution in [3.05, 3.63) is 0 Å². The average Bonchev–Trinajstić information content (AvgIpc) is 2.30. The Morgan fingerprint density at radius 2 is 1.30 bits per heavy atom. The summed E-state index contributed by atoms with van der Waals surface area (Å²) in [7, 11) is -8.18. The summed E-state index contributed by atoms with van der Waals surface area (Å²) in [5.41, 5.74) is 0. The molecule has 0 aliphatic heterocycles. The van der Waals surface area contributed by atoms with Gasteiger partial charge in [0.2, 0.25) is 0 Å². The van der Waals surface area contributed by atoms with Gasteiger partial charge < -0.3 is 17.1 Å². The van der Waals surface area contributed by atoms with E-state index >= 15 is 0 Å². The van der Waals surface area contributed by atoms with Gasteiger partial charge in [0, 0.05) is 6.61 Å². The molecule has 0 N–H and O–H groups in total. The highest BCUT2D eigenvalue weighted by molar-refractivity contribution is 6.89. The van der Waals surface area contributed by atoms with Crippen molar-refractivity contribution in [2.24, 2.45) is 0 Å². The molecule has 0 heterocycles. The molecule has 10 heteroatoms. The van der Waals surface area contributed by atoms with Crippen LogP contribution in [0.25, 0.3) is 0 Å². The number of Topliss-reactive ketones (excluding diaryl/α,β-unsaturated/α-hetero) is 2. The third-order valence-corrected chi connectivity index (χ3v) is 16.7. The number of carbonyl (C=O) groups is 2. The Balaban J connectivity index is 4.76. The first kappa shape index (κ1) is 27.0. The van der Waals surface area contributed by atoms with Crippen molar-refractivity contribution in [3.63, 3.8) is 0 Å². The Morgan fingerprint density at radius 3 is 1.74 bits per heavy atom. The zero-order chi connectivity index (χ0) is 21.5. The van der Waals surface area contributed by atoms with Crippen molar-refractivity contribution in [3.8, 4) is 0 Å². The Morgan fingerprint density at radius 1 is 0.778 bits per heavy atom. The molecule has 0 spiro atoms. The van der Waals surface area contributed by atoms with Gasteiger partial charge in [-0.1, -0.05) is 0 Å². The third kappa shape index (κ3) is 15.6. The molecule has 0 saturated carbocycles. The molecule has 0 fully saturated rings. The van der Waals surface area contributed by atoms with Crippen LogP contribution in [0, 0.1) is 0 Å². The van der Waals surface area contributed by atoms with Crippen LogP contribution >= 0.6 is 0 Å². The molecule has 1 unspecified atom stereocenters. The molecular formula is C17H40O6Si4. The summed E-state index contributed by atoms with van der Waals surface area (Å²) in [6.07, 6.45) is 0.708. The second kappa shape index (κ2) is 10.7. The second-order valence-corrected chi connectivity index (χ2v) is 26.1. The van der Waals surface area contributed by atoms with Crippen LogP contribution < -0.4 is 0 Å². The molecule has 0 aliphatic carbocycles. The quantitative estimate of drug-likeness (QED) is 0.220. The van der Waals surface area contributed by atoms with E-state index in [1.807, 2.05) is 0 Å². The number of carbonyl (C=O) groups excluding carboxylic acids is 2. The van der Waals surface area contributed by atoms with Crippen LogP contribution in [0.1, 0.15) is 19.8 Å². The molecule has 6 nitrogen and oxygen atoms in total. The molecule has 0 aromatic heterocycles. The van der Waals surface area contributed by atoms with Crippen LogP contribution in [-0.4, -0.2) is 58.5 Å². The predicted molar refractivity (Wildman–Crippen MR) is 120 cm³/mol. The Hall–Kier alpha value is 0.0475. The Bertz CT molecular complexity index is 499. The van der Waals surface area contributed by atoms with Gasteiger partial charge in [0.25, 0.3) is 0 Å². The predicted octanol–water partition coefficient (Wildman–Crippen LogP) is 4.43. The first-order valence-corrected chi connectivity index (χ1v) is 21.8. The lowest BCUT2D eigenvalue weighted by molar-refractivity contribution is -0.128. The highest BCUT2D eigenvalue weighted by Crippen LogP contribution is 2.27. The monoisotopic (exact) mass is 452 g/mol. The van der Waals surface area contributed by atoms with E-state index in [1.165, 1.54) is 6.92 Å². The van der Waals surface area contributed by atoms with Crippen LogP contribution in [-0.2, 0) is 26.7 Å². The van der Waals surface area contributed by atoms with Crippen LogP contribution in [0.15, 0.2) is 0 Å². The minimum absolute atomic E-state index is 0.00738. The van der Waals surface area contributed by atoms with Gasteiger partial charge in [0.1, 0.15) is 12.4 Å². The average molecular weight is 453 g/mol. The van der Waals surface area contributed by atoms with Crippen molar-refractivity contribution in [2.75, 3.05) is 13.2 Å². The highest BCUT2D eigenvalue weighted by Gasteiger charge is 2.44. The molecule has 0 aromatic rings. The third-order valence-electron chi connectivity index (χ3n) is 3.16. The molecular weight excluding hydrogens is 413 g/mol. The number of hydrogen-bond donors (Lipinski definition) is 0. The highest BCUT2D eigenvalue weighted by atomic mass is 28.5. The topological polar surface area (TPSA) is 71.1 Å². The van der Waals surface area contributed by atoms with E-state index in [9.17, 15) is 9.59 Å². The van der Waals surface area contributed by atoms with Gasteiger partial charge in [-0.05, 0) is 78.3 Å². The number of ether oxygens (including phenoxy) is 1. The first-order chi connectivity index (χ1) is 11.9. The van der Waals surface area contributed by atoms with Gasteiger partial charge in [-0.2, -0.15) is 0 Å². The summed E-state index contributed by atoms with van der Waals surface area (Å²) in [6.45, 7) is 21.2. The van der Waals surface area contributed by atoms with Gasteiger partial charge >= 0.3 is 17.1 Å². The zero-order valence-electron chi connectivity index (χ0n) is 19.0. The SMILES string of the molecule is CC(=O)CC(=O)COCCC[Si](C)(O[Si](C)(C)C)O[Si](C)(C)O[Si](C)(C)C. The second-order valence-electron chi connectivity index (χ2n) is 9.64. The standard InChI is InChI=1S/C17H40O6Si4/c1-16(18)14-17(19)15-20-12-11-13-27(10,22-25(5,6)7)23-26(8,9)21-24(2,3)4/h11-15H2,1-10H3. The minimum Gasteiger partial charge on any atom is -0.437 e. The number of ketones is 2. The number of hydrogen-bond acceptors (Lipinski definition) is 6. The fourth-order valence-electron chi connectivity index (χ4n) is 3.06. The smallest absolute Gasteiger partial charge is 0.315 e. The first-order valence-electron chi connectivity index (χ1n) is 9.62. The summed E-state index contributed by atoms with van der Waals surface area (Å²) in [5, 5.41) is 0. The van der Waals surface area contributed by atoms with Crippen LogP contribution in [0.2, 0.25) is 65.0 Å². The van der Waals surface area contributed by atoms with Crippen LogP contribution in [0.3, 0.4) is 0 Å². The summed E-state index contributed by atoms with van der Waals surface area (Å²) >= 11 is 0. The van der Waals surface area contributed by atoms with E-state index in [1.54, 1.807) is 0 Å². The maximum absolute atomic E-state index is 11.5. The maximum Gasteiger partial charge on any atom is 0.315 e. The molecule has 0 radical (unpaired) electrons. The summed E-state index contributed by atoms with van der Waals surface area (Å²) in [4.78, 5) is 22.5. The van der Waals surface area contributed by atoms with Gasteiger partial charge in [-0.3, -0.25) is 9.59 Å². The molecule has 160 valence electrons. The Labute approximate surface area is 170 Å². The number of rotatable bonds is 14. The molecule has 0 bridgehead atoms. The summed E-state index contributed by atoms with van der Waals surface area (Å²) < 4.78 is 24.9. The van der Waals surface area contributed by atoms with Crippen LogP contribution in [0.4, 0.5) is 0 Å². The van der Waals surface area contributed by atoms with E-state index in [-0.39, 0.29) is 24.6 Å². The van der Waals surface area contributed by atoms with Gasteiger partial charge in [-0.15, -0.1) is 0 Å². The molecule has 0 aliphatic rings. The van der Waals surface area contributed by atoms with Crippen molar-refractivity contribution in [2.45, 2.75) is 84.7 Å². The van der Waals surface area contributed by atoms with Crippen molar-refractivity contribution < 1.29 is 26.7 Å². The van der Waals surface area contributed by atoms with Crippen molar-refractivity contribution >= 4 is 45.3 Å². The maximum atomic E-state index is 11.5. The Kier molecular flexibility index (Phi) is 10.7. The molecule has 0 saturated heterocycles. The minimum atomic E-state index is -2.42. The lowest BCUT2D eigenvalue weighted by Crippen LogP contribution is -2.56. The fourth-order valence-corrected chi connectivity index (χ4v) is 21.0. The lowest BCUT2D eigenvalue weighted by atomic mass is 10.2. The summed E-state index contributed by atoms with van der Waals surface area (Å²) in [5.74, 6) is -0.302. The molecule has 27 heavy (non-hydrogen) atoms. The van der Waals surface area contributed by atoms with Gasteiger partial charge in [0.05, 0.1) is 6.42 Å². The lowest BCUT2D eigenvalue weighted by Gasteiger charge is -2.41. The van der Waals surface area contributed by atoms with Crippen LogP contribution in [0.5, 0.6) is 0 Å². The summed E-state index contributed by atoms with van der Waals surface area (Å²) in [6, 6.07) is 0.795. The molecule has 0 aromatic carbocycles. The van der Waals surface area contributed by atoms with E-state index in [4.69, 9.17) is 17.1 Å². The zero-order valence-corrected chi connectivity index (χ0v) is 23.0. The van der Waals surface area contributed by atoms with Crippen molar-refractivity contribution in [1.29, 1.82) is 0 Å². The van der Waals surface area contributed by atoms with Crippen molar-refractivity contribution in [1.82, 2.24) is 0 Å². The van der Waals surface area contributed by atoms with E-state index < -0.39 is 33.8 Å². The largest absolute Gasteiger partial charge is 0.437 e. The molecule has 0 amide bonds.